The van der Waals surface area contributed by atoms with E-state index in [1.165, 1.54) is 19.3 Å². The first-order valence-corrected chi connectivity index (χ1v) is 8.58. The number of nitriles is 1. The lowest BCUT2D eigenvalue weighted by Crippen LogP contribution is -2.60. The Morgan fingerprint density at radius 2 is 1.81 bits per heavy atom. The Morgan fingerprint density at radius 1 is 1.14 bits per heavy atom. The Bertz CT molecular complexity index is 516. The molecule has 0 aromatic carbocycles. The number of hydrogen-bond donors (Lipinski definition) is 0. The van der Waals surface area contributed by atoms with Gasteiger partial charge in [0.05, 0.1) is 11.5 Å². The summed E-state index contributed by atoms with van der Waals surface area (Å²) in [6.07, 6.45) is 9.03. The fourth-order valence-electron chi connectivity index (χ4n) is 7.13. The lowest BCUT2D eigenvalue weighted by Gasteiger charge is -2.65. The molecule has 114 valence electrons. The molecule has 21 heavy (non-hydrogen) atoms. The van der Waals surface area contributed by atoms with Gasteiger partial charge in [0.1, 0.15) is 6.04 Å². The molecule has 3 nitrogen and oxygen atoms in total. The Kier molecular flexibility index (Phi) is 2.61. The van der Waals surface area contributed by atoms with Gasteiger partial charge in [0, 0.05) is 6.54 Å². The molecule has 5 rings (SSSR count). The summed E-state index contributed by atoms with van der Waals surface area (Å²) >= 11 is 0. The van der Waals surface area contributed by atoms with Crippen LogP contribution in [-0.2, 0) is 4.79 Å². The highest BCUT2D eigenvalue weighted by molar-refractivity contribution is 5.84. The second kappa shape index (κ2) is 4.03. The van der Waals surface area contributed by atoms with Gasteiger partial charge < -0.3 is 4.90 Å². The summed E-state index contributed by atoms with van der Waals surface area (Å²) in [5, 5.41) is 9.32. The van der Waals surface area contributed by atoms with Crippen molar-refractivity contribution in [3.8, 4) is 6.07 Å². The molecule has 0 aromatic heterocycles. The van der Waals surface area contributed by atoms with Crippen molar-refractivity contribution in [3.05, 3.63) is 0 Å². The van der Waals surface area contributed by atoms with Crippen LogP contribution in [0.25, 0.3) is 0 Å². The molecule has 5 aliphatic rings. The highest BCUT2D eigenvalue weighted by Crippen LogP contribution is 2.70. The van der Waals surface area contributed by atoms with E-state index in [9.17, 15) is 10.1 Å². The second-order valence-corrected chi connectivity index (χ2v) is 9.20. The molecule has 1 saturated heterocycles. The monoisotopic (exact) mass is 286 g/mol. The number of amides is 1. The minimum absolute atomic E-state index is 0.137. The number of likely N-dealkylation sites (tertiary alicyclic amines) is 1. The standard InChI is InChI=1S/C18H26N2O/c1-16-6-13-7-17(2,10-16)12-18(8-13,11-16)15(21)20-5-3-4-14(20)9-19/h13-14H,3-8,10-12H2,1-2H3. The van der Waals surface area contributed by atoms with Crippen LogP contribution in [0.15, 0.2) is 0 Å². The van der Waals surface area contributed by atoms with Gasteiger partial charge in [0.2, 0.25) is 5.91 Å². The van der Waals surface area contributed by atoms with E-state index in [0.29, 0.717) is 16.7 Å². The third-order valence-electron chi connectivity index (χ3n) is 6.74. The van der Waals surface area contributed by atoms with E-state index in [4.69, 9.17) is 0 Å². The van der Waals surface area contributed by atoms with Crippen molar-refractivity contribution < 1.29 is 4.79 Å². The SMILES string of the molecule is CC12CC3CC(C)(C1)CC(C(=O)N1CCCC1C#N)(C3)C2. The van der Waals surface area contributed by atoms with Crippen molar-refractivity contribution in [2.75, 3.05) is 6.54 Å². The smallest absolute Gasteiger partial charge is 0.229 e. The maximum Gasteiger partial charge on any atom is 0.229 e. The Morgan fingerprint density at radius 3 is 2.38 bits per heavy atom. The molecule has 3 unspecified atom stereocenters. The van der Waals surface area contributed by atoms with Gasteiger partial charge in [-0.05, 0) is 68.1 Å². The second-order valence-electron chi connectivity index (χ2n) is 9.20. The van der Waals surface area contributed by atoms with E-state index in [0.717, 1.165) is 44.6 Å². The molecule has 0 radical (unpaired) electrons. The summed E-state index contributed by atoms with van der Waals surface area (Å²) in [6.45, 7) is 5.62. The number of carbonyl (C=O) groups excluding carboxylic acids is 1. The lowest BCUT2D eigenvalue weighted by atomic mass is 9.40. The molecule has 3 atom stereocenters. The van der Waals surface area contributed by atoms with Gasteiger partial charge in [-0.3, -0.25) is 4.79 Å². The number of hydrogen-bond acceptors (Lipinski definition) is 2. The lowest BCUT2D eigenvalue weighted by molar-refractivity contribution is -0.179. The summed E-state index contributed by atoms with van der Waals surface area (Å²) in [5.74, 6) is 1.07. The molecule has 0 spiro atoms. The third kappa shape index (κ3) is 1.87. The highest BCUT2D eigenvalue weighted by Gasteiger charge is 2.63. The number of nitrogens with zero attached hydrogens (tertiary/aromatic N) is 2. The summed E-state index contributed by atoms with van der Waals surface area (Å²) < 4.78 is 0. The first-order valence-electron chi connectivity index (χ1n) is 8.58. The van der Waals surface area contributed by atoms with Gasteiger partial charge in [0.15, 0.2) is 0 Å². The minimum Gasteiger partial charge on any atom is -0.326 e. The van der Waals surface area contributed by atoms with Crippen molar-refractivity contribution in [2.24, 2.45) is 22.2 Å². The number of carbonyl (C=O) groups is 1. The minimum atomic E-state index is -0.161. The quantitative estimate of drug-likeness (QED) is 0.740. The van der Waals surface area contributed by atoms with Crippen LogP contribution in [0.1, 0.15) is 65.2 Å². The highest BCUT2D eigenvalue weighted by atomic mass is 16.2. The van der Waals surface area contributed by atoms with Crippen molar-refractivity contribution in [1.29, 1.82) is 5.26 Å². The fraction of sp³-hybridized carbons (Fsp3) is 0.889. The summed E-state index contributed by atoms with van der Waals surface area (Å²) in [7, 11) is 0. The van der Waals surface area contributed by atoms with Gasteiger partial charge in [-0.15, -0.1) is 0 Å². The topological polar surface area (TPSA) is 44.1 Å². The predicted octanol–water partition coefficient (Wildman–Crippen LogP) is 3.50. The average Bonchev–Trinajstić information content (AvgIpc) is 2.81. The molecular weight excluding hydrogens is 260 g/mol. The van der Waals surface area contributed by atoms with Crippen molar-refractivity contribution in [1.82, 2.24) is 4.90 Å². The molecule has 5 fully saturated rings. The third-order valence-corrected chi connectivity index (χ3v) is 6.74. The molecule has 4 aliphatic carbocycles. The fourth-order valence-corrected chi connectivity index (χ4v) is 7.13. The first-order chi connectivity index (χ1) is 9.87. The zero-order chi connectivity index (χ0) is 14.9. The average molecular weight is 286 g/mol. The maximum absolute atomic E-state index is 13.3. The Labute approximate surface area is 127 Å². The van der Waals surface area contributed by atoms with E-state index in [2.05, 4.69) is 19.9 Å². The molecule has 4 saturated carbocycles. The van der Waals surface area contributed by atoms with E-state index < -0.39 is 0 Å². The first kappa shape index (κ1) is 13.6. The normalized spacial score (nSPS) is 51.2. The van der Waals surface area contributed by atoms with Crippen molar-refractivity contribution >= 4 is 5.91 Å². The van der Waals surface area contributed by atoms with Crippen molar-refractivity contribution in [3.63, 3.8) is 0 Å². The zero-order valence-corrected chi connectivity index (χ0v) is 13.3. The molecule has 1 heterocycles. The van der Waals surface area contributed by atoms with Crippen LogP contribution in [0.5, 0.6) is 0 Å². The van der Waals surface area contributed by atoms with Crippen LogP contribution in [0.3, 0.4) is 0 Å². The molecular formula is C18H26N2O. The Hall–Kier alpha value is -1.04. The van der Waals surface area contributed by atoms with Gasteiger partial charge in [-0.25, -0.2) is 0 Å². The molecule has 1 aliphatic heterocycles. The summed E-state index contributed by atoms with van der Waals surface area (Å²) in [6, 6.07) is 2.19. The van der Waals surface area contributed by atoms with Gasteiger partial charge in [-0.1, -0.05) is 13.8 Å². The van der Waals surface area contributed by atoms with Gasteiger partial charge in [-0.2, -0.15) is 5.26 Å². The van der Waals surface area contributed by atoms with Crippen molar-refractivity contribution in [2.45, 2.75) is 71.3 Å². The van der Waals surface area contributed by atoms with Crippen LogP contribution < -0.4 is 0 Å². The number of rotatable bonds is 1. The molecule has 0 N–H and O–H groups in total. The predicted molar refractivity (Wildman–Crippen MR) is 80.2 cm³/mol. The molecule has 3 heteroatoms. The molecule has 0 aromatic rings. The zero-order valence-electron chi connectivity index (χ0n) is 13.3. The molecule has 1 amide bonds. The van der Waals surface area contributed by atoms with E-state index in [-0.39, 0.29) is 11.5 Å². The van der Waals surface area contributed by atoms with Crippen LogP contribution >= 0.6 is 0 Å². The van der Waals surface area contributed by atoms with Gasteiger partial charge in [0.25, 0.3) is 0 Å². The summed E-state index contributed by atoms with van der Waals surface area (Å²) in [4.78, 5) is 15.3. The van der Waals surface area contributed by atoms with Crippen LogP contribution in [-0.4, -0.2) is 23.4 Å². The van der Waals surface area contributed by atoms with Crippen LogP contribution in [0, 0.1) is 33.5 Å². The Balaban J connectivity index is 1.68. The van der Waals surface area contributed by atoms with Crippen LogP contribution in [0.4, 0.5) is 0 Å². The van der Waals surface area contributed by atoms with E-state index >= 15 is 0 Å². The van der Waals surface area contributed by atoms with E-state index in [1.54, 1.807) is 0 Å². The van der Waals surface area contributed by atoms with E-state index in [1.807, 2.05) is 4.90 Å². The largest absolute Gasteiger partial charge is 0.326 e. The van der Waals surface area contributed by atoms with Gasteiger partial charge >= 0.3 is 0 Å². The maximum atomic E-state index is 13.3. The summed E-state index contributed by atoms with van der Waals surface area (Å²) in [5.41, 5.74) is 0.597. The molecule has 4 bridgehead atoms. The van der Waals surface area contributed by atoms with Crippen LogP contribution in [0.2, 0.25) is 0 Å².